The van der Waals surface area contributed by atoms with Gasteiger partial charge in [0.05, 0.1) is 17.7 Å². The molecule has 0 aliphatic carbocycles. The van der Waals surface area contributed by atoms with Gasteiger partial charge < -0.3 is 9.73 Å². The fourth-order valence-electron chi connectivity index (χ4n) is 1.56. The second-order valence-corrected chi connectivity index (χ2v) is 4.06. The highest BCUT2D eigenvalue weighted by Crippen LogP contribution is 2.28. The molecule has 0 bridgehead atoms. The van der Waals surface area contributed by atoms with Crippen LogP contribution < -0.4 is 5.32 Å². The zero-order chi connectivity index (χ0) is 13.8. The van der Waals surface area contributed by atoms with Crippen LogP contribution in [0.3, 0.4) is 0 Å². The van der Waals surface area contributed by atoms with Gasteiger partial charge >= 0.3 is 5.69 Å². The molecule has 0 spiro atoms. The van der Waals surface area contributed by atoms with Crippen LogP contribution in [-0.2, 0) is 6.54 Å². The quantitative estimate of drug-likeness (QED) is 0.689. The first-order valence-electron chi connectivity index (χ1n) is 5.33. The molecule has 2 aromatic rings. The molecule has 0 saturated carbocycles. The fraction of sp³-hybridized carbons (Fsp3) is 0.0833. The molecule has 1 N–H and O–H groups in total. The van der Waals surface area contributed by atoms with E-state index in [9.17, 15) is 14.9 Å². The lowest BCUT2D eigenvalue weighted by molar-refractivity contribution is -0.385. The molecule has 1 heterocycles. The van der Waals surface area contributed by atoms with E-state index in [0.29, 0.717) is 5.76 Å². The van der Waals surface area contributed by atoms with Gasteiger partial charge in [-0.2, -0.15) is 0 Å². The van der Waals surface area contributed by atoms with E-state index < -0.39 is 16.5 Å². The summed E-state index contributed by atoms with van der Waals surface area (Å²) in [5.41, 5.74) is -0.481. The molecule has 7 heteroatoms. The van der Waals surface area contributed by atoms with Gasteiger partial charge in [-0.05, 0) is 24.3 Å². The number of furan rings is 1. The lowest BCUT2D eigenvalue weighted by Gasteiger charge is -2.05. The molecule has 19 heavy (non-hydrogen) atoms. The van der Waals surface area contributed by atoms with E-state index in [-0.39, 0.29) is 17.1 Å². The first-order valence-corrected chi connectivity index (χ1v) is 5.71. The first-order chi connectivity index (χ1) is 9.09. The Labute approximate surface area is 113 Å². The monoisotopic (exact) mass is 280 g/mol. The Hall–Kier alpha value is -2.34. The van der Waals surface area contributed by atoms with Crippen molar-refractivity contribution in [1.29, 1.82) is 0 Å². The number of carbonyl (C=O) groups excluding carboxylic acids is 1. The topological polar surface area (TPSA) is 85.4 Å². The predicted octanol–water partition coefficient (Wildman–Crippen LogP) is 2.77. The van der Waals surface area contributed by atoms with Crippen LogP contribution in [0.2, 0.25) is 5.02 Å². The minimum Gasteiger partial charge on any atom is -0.467 e. The first kappa shape index (κ1) is 13.1. The Bertz CT molecular complexity index is 610. The van der Waals surface area contributed by atoms with E-state index in [4.69, 9.17) is 16.0 Å². The summed E-state index contributed by atoms with van der Waals surface area (Å²) in [6.07, 6.45) is 1.48. The minimum absolute atomic E-state index is 0.0735. The Kier molecular flexibility index (Phi) is 3.82. The number of benzene rings is 1. The van der Waals surface area contributed by atoms with Crippen LogP contribution in [0.25, 0.3) is 0 Å². The van der Waals surface area contributed by atoms with Gasteiger partial charge in [-0.3, -0.25) is 14.9 Å². The van der Waals surface area contributed by atoms with Crippen LogP contribution in [0.1, 0.15) is 16.1 Å². The highest BCUT2D eigenvalue weighted by molar-refractivity contribution is 6.33. The average Bonchev–Trinajstić information content (AvgIpc) is 2.88. The number of para-hydroxylation sites is 1. The zero-order valence-corrected chi connectivity index (χ0v) is 10.4. The minimum atomic E-state index is -0.676. The van der Waals surface area contributed by atoms with Gasteiger partial charge in [0.2, 0.25) is 0 Å². The number of nitro groups is 1. The number of amides is 1. The summed E-state index contributed by atoms with van der Waals surface area (Å²) >= 11 is 5.73. The molecule has 0 saturated heterocycles. The van der Waals surface area contributed by atoms with Gasteiger partial charge in [0.25, 0.3) is 5.91 Å². The van der Waals surface area contributed by atoms with Crippen molar-refractivity contribution in [2.75, 3.05) is 0 Å². The summed E-state index contributed by atoms with van der Waals surface area (Å²) in [5.74, 6) is -0.0244. The molecular formula is C12H9ClN2O4. The summed E-state index contributed by atoms with van der Waals surface area (Å²) in [6, 6.07) is 7.57. The molecular weight excluding hydrogens is 272 g/mol. The normalized spacial score (nSPS) is 10.2. The largest absolute Gasteiger partial charge is 0.467 e. The summed E-state index contributed by atoms with van der Waals surface area (Å²) < 4.78 is 5.05. The van der Waals surface area contributed by atoms with Crippen molar-refractivity contribution in [2.45, 2.75) is 6.54 Å². The predicted molar refractivity (Wildman–Crippen MR) is 68.0 cm³/mol. The number of halogens is 1. The number of nitrogens with one attached hydrogen (secondary N) is 1. The molecule has 6 nitrogen and oxygen atoms in total. The van der Waals surface area contributed by atoms with Gasteiger partial charge in [-0.1, -0.05) is 17.7 Å². The SMILES string of the molecule is O=C(NCc1ccco1)c1cccc(Cl)c1[N+](=O)[O-]. The third-order valence-electron chi connectivity index (χ3n) is 2.42. The smallest absolute Gasteiger partial charge is 0.300 e. The number of hydrogen-bond acceptors (Lipinski definition) is 4. The molecule has 0 fully saturated rings. The number of nitrogens with zero attached hydrogens (tertiary/aromatic N) is 1. The molecule has 98 valence electrons. The third-order valence-corrected chi connectivity index (χ3v) is 2.72. The van der Waals surface area contributed by atoms with Crippen molar-refractivity contribution in [3.05, 3.63) is 63.1 Å². The van der Waals surface area contributed by atoms with Gasteiger partial charge in [-0.15, -0.1) is 0 Å². The number of rotatable bonds is 4. The van der Waals surface area contributed by atoms with Gasteiger partial charge in [0.15, 0.2) is 0 Å². The second kappa shape index (κ2) is 5.53. The number of hydrogen-bond donors (Lipinski definition) is 1. The lowest BCUT2D eigenvalue weighted by atomic mass is 10.1. The molecule has 0 atom stereocenters. The molecule has 0 aliphatic heterocycles. The Morgan fingerprint density at radius 3 is 2.79 bits per heavy atom. The van der Waals surface area contributed by atoms with Crippen molar-refractivity contribution in [1.82, 2.24) is 5.32 Å². The van der Waals surface area contributed by atoms with Crippen LogP contribution in [0.15, 0.2) is 41.0 Å². The fourth-order valence-corrected chi connectivity index (χ4v) is 1.80. The van der Waals surface area contributed by atoms with Crippen molar-refractivity contribution in [3.63, 3.8) is 0 Å². The maximum atomic E-state index is 11.9. The maximum absolute atomic E-state index is 11.9. The van der Waals surface area contributed by atoms with E-state index in [1.54, 1.807) is 12.1 Å². The Morgan fingerprint density at radius 2 is 2.16 bits per heavy atom. The molecule has 0 radical (unpaired) electrons. The molecule has 2 rings (SSSR count). The Balaban J connectivity index is 2.19. The van der Waals surface area contributed by atoms with Gasteiger partial charge in [0, 0.05) is 0 Å². The van der Waals surface area contributed by atoms with E-state index in [0.717, 1.165) is 0 Å². The molecule has 1 aromatic heterocycles. The summed E-state index contributed by atoms with van der Waals surface area (Å²) in [4.78, 5) is 22.1. The summed E-state index contributed by atoms with van der Waals surface area (Å²) in [7, 11) is 0. The average molecular weight is 281 g/mol. The van der Waals surface area contributed by atoms with Gasteiger partial charge in [0.1, 0.15) is 16.3 Å². The molecule has 0 aliphatic rings. The van der Waals surface area contributed by atoms with Gasteiger partial charge in [-0.25, -0.2) is 0 Å². The third kappa shape index (κ3) is 2.92. The summed E-state index contributed by atoms with van der Waals surface area (Å²) in [6.45, 7) is 0.148. The lowest BCUT2D eigenvalue weighted by Crippen LogP contribution is -2.23. The van der Waals surface area contributed by atoms with Crippen LogP contribution in [-0.4, -0.2) is 10.8 Å². The highest BCUT2D eigenvalue weighted by atomic mass is 35.5. The van der Waals surface area contributed by atoms with Crippen LogP contribution in [0, 0.1) is 10.1 Å². The van der Waals surface area contributed by atoms with E-state index in [2.05, 4.69) is 5.32 Å². The standard InChI is InChI=1S/C12H9ClN2O4/c13-10-5-1-4-9(11(10)15(17)18)12(16)14-7-8-3-2-6-19-8/h1-6H,7H2,(H,14,16). The van der Waals surface area contributed by atoms with E-state index in [1.165, 1.54) is 24.5 Å². The number of nitro benzene ring substituents is 1. The highest BCUT2D eigenvalue weighted by Gasteiger charge is 2.23. The molecule has 1 aromatic carbocycles. The number of carbonyl (C=O) groups is 1. The van der Waals surface area contributed by atoms with Crippen molar-refractivity contribution < 1.29 is 14.1 Å². The maximum Gasteiger partial charge on any atom is 0.300 e. The van der Waals surface area contributed by atoms with Crippen molar-refractivity contribution in [2.24, 2.45) is 0 Å². The molecule has 0 unspecified atom stereocenters. The Morgan fingerprint density at radius 1 is 1.37 bits per heavy atom. The van der Waals surface area contributed by atoms with E-state index in [1.807, 2.05) is 0 Å². The second-order valence-electron chi connectivity index (χ2n) is 3.66. The van der Waals surface area contributed by atoms with Crippen LogP contribution in [0.5, 0.6) is 0 Å². The van der Waals surface area contributed by atoms with Crippen LogP contribution in [0.4, 0.5) is 5.69 Å². The van der Waals surface area contributed by atoms with Crippen molar-refractivity contribution in [3.8, 4) is 0 Å². The molecule has 1 amide bonds. The van der Waals surface area contributed by atoms with Crippen LogP contribution >= 0.6 is 11.6 Å². The van der Waals surface area contributed by atoms with Crippen molar-refractivity contribution >= 4 is 23.2 Å². The summed E-state index contributed by atoms with van der Waals surface area (Å²) in [5, 5.41) is 13.4. The van der Waals surface area contributed by atoms with E-state index >= 15 is 0 Å². The zero-order valence-electron chi connectivity index (χ0n) is 9.63.